The molecule has 2 aliphatic rings. The van der Waals surface area contributed by atoms with Gasteiger partial charge >= 0.3 is 7.12 Å². The summed E-state index contributed by atoms with van der Waals surface area (Å²) in [6.07, 6.45) is 1.38. The lowest BCUT2D eigenvalue weighted by Gasteiger charge is -2.41. The lowest BCUT2D eigenvalue weighted by Crippen LogP contribution is -2.58. The molecule has 9 heteroatoms. The lowest BCUT2D eigenvalue weighted by atomic mass is 9.74. The van der Waals surface area contributed by atoms with Crippen LogP contribution >= 0.6 is 0 Å². The predicted molar refractivity (Wildman–Crippen MR) is 123 cm³/mol. The first-order valence-corrected chi connectivity index (χ1v) is 11.3. The number of anilines is 1. The van der Waals surface area contributed by atoms with Crippen LogP contribution in [0.5, 0.6) is 0 Å². The molecule has 3 rings (SSSR count). The standard InChI is InChI=1S/C23H35BFN3O4/c1-15(2)13-19(24-31-22(3,4)23(5,6)32-24)27-20(29)14-26-21(30)18-11-12-28(18)17-9-7-16(25)8-10-17/h7-10,15,18-19H,11-14H2,1-6H3,(H,26,30)(H,27,29)/t18-,19-/m0/s1. The Hall–Kier alpha value is -2.13. The van der Waals surface area contributed by atoms with Crippen molar-refractivity contribution in [1.82, 2.24) is 10.6 Å². The van der Waals surface area contributed by atoms with Crippen molar-refractivity contribution in [2.45, 2.75) is 77.6 Å². The summed E-state index contributed by atoms with van der Waals surface area (Å²) < 4.78 is 25.4. The monoisotopic (exact) mass is 447 g/mol. The average molecular weight is 447 g/mol. The van der Waals surface area contributed by atoms with Gasteiger partial charge in [0.1, 0.15) is 11.9 Å². The summed E-state index contributed by atoms with van der Waals surface area (Å²) in [6.45, 7) is 12.7. The molecule has 0 aliphatic carbocycles. The molecule has 176 valence electrons. The SMILES string of the molecule is CC(C)C[C@H](NC(=O)CNC(=O)[C@@H]1CCN1c1ccc(F)cc1)B1OC(C)(C)C(C)(C)O1. The van der Waals surface area contributed by atoms with Gasteiger partial charge in [0, 0.05) is 12.2 Å². The van der Waals surface area contributed by atoms with Crippen molar-refractivity contribution in [3.8, 4) is 0 Å². The van der Waals surface area contributed by atoms with E-state index in [2.05, 4.69) is 24.5 Å². The molecular weight excluding hydrogens is 412 g/mol. The maximum atomic E-state index is 13.2. The van der Waals surface area contributed by atoms with Gasteiger partial charge in [0.05, 0.1) is 23.7 Å². The van der Waals surface area contributed by atoms with E-state index in [9.17, 15) is 14.0 Å². The van der Waals surface area contributed by atoms with Gasteiger partial charge in [0.15, 0.2) is 0 Å². The smallest absolute Gasteiger partial charge is 0.402 e. The van der Waals surface area contributed by atoms with Crippen LogP contribution in [0.2, 0.25) is 0 Å². The number of rotatable bonds is 8. The van der Waals surface area contributed by atoms with Crippen LogP contribution in [0.3, 0.4) is 0 Å². The fraction of sp³-hybridized carbons (Fsp3) is 0.652. The molecule has 0 aromatic heterocycles. The van der Waals surface area contributed by atoms with Crippen LogP contribution < -0.4 is 15.5 Å². The average Bonchev–Trinajstić information content (AvgIpc) is 2.87. The molecule has 2 amide bonds. The Labute approximate surface area is 190 Å². The number of hydrogen-bond donors (Lipinski definition) is 2. The lowest BCUT2D eigenvalue weighted by molar-refractivity contribution is -0.127. The summed E-state index contributed by atoms with van der Waals surface area (Å²) in [6, 6.07) is 5.70. The highest BCUT2D eigenvalue weighted by Crippen LogP contribution is 2.38. The zero-order valence-electron chi connectivity index (χ0n) is 19.9. The second-order valence-corrected chi connectivity index (χ2v) is 10.1. The van der Waals surface area contributed by atoms with E-state index >= 15 is 0 Å². The topological polar surface area (TPSA) is 79.9 Å². The van der Waals surface area contributed by atoms with E-state index in [0.29, 0.717) is 25.3 Å². The number of nitrogens with one attached hydrogen (secondary N) is 2. The Balaban J connectivity index is 1.54. The molecule has 2 fully saturated rings. The van der Waals surface area contributed by atoms with Crippen molar-refractivity contribution >= 4 is 24.6 Å². The summed E-state index contributed by atoms with van der Waals surface area (Å²) in [4.78, 5) is 27.2. The molecule has 2 saturated heterocycles. The quantitative estimate of drug-likeness (QED) is 0.600. The second kappa shape index (κ2) is 9.39. The Bertz CT molecular complexity index is 815. The van der Waals surface area contributed by atoms with Gasteiger partial charge in [0.25, 0.3) is 0 Å². The van der Waals surface area contributed by atoms with Gasteiger partial charge in [-0.25, -0.2) is 4.39 Å². The van der Waals surface area contributed by atoms with Crippen molar-refractivity contribution in [2.75, 3.05) is 18.0 Å². The van der Waals surface area contributed by atoms with Crippen LogP contribution in [0.25, 0.3) is 0 Å². The van der Waals surface area contributed by atoms with E-state index in [1.807, 2.05) is 32.6 Å². The number of halogens is 1. The Morgan fingerprint density at radius 2 is 1.75 bits per heavy atom. The van der Waals surface area contributed by atoms with E-state index in [0.717, 1.165) is 5.69 Å². The van der Waals surface area contributed by atoms with Gasteiger partial charge in [0.2, 0.25) is 11.8 Å². The molecule has 32 heavy (non-hydrogen) atoms. The van der Waals surface area contributed by atoms with Crippen molar-refractivity contribution < 1.29 is 23.3 Å². The Kier molecular flexibility index (Phi) is 7.20. The molecule has 1 aromatic carbocycles. The summed E-state index contributed by atoms with van der Waals surface area (Å²) in [5.41, 5.74) is -0.181. The van der Waals surface area contributed by atoms with Crippen molar-refractivity contribution in [2.24, 2.45) is 5.92 Å². The minimum Gasteiger partial charge on any atom is -0.402 e. The minimum atomic E-state index is -0.553. The molecule has 0 unspecified atom stereocenters. The van der Waals surface area contributed by atoms with E-state index in [1.165, 1.54) is 12.1 Å². The molecule has 0 spiro atoms. The van der Waals surface area contributed by atoms with Gasteiger partial charge < -0.3 is 24.8 Å². The van der Waals surface area contributed by atoms with Gasteiger partial charge in [-0.2, -0.15) is 0 Å². The Morgan fingerprint density at radius 1 is 1.16 bits per heavy atom. The molecule has 0 radical (unpaired) electrons. The maximum Gasteiger partial charge on any atom is 0.481 e. The van der Waals surface area contributed by atoms with Crippen LogP contribution in [-0.4, -0.2) is 55.2 Å². The summed E-state index contributed by atoms with van der Waals surface area (Å²) in [7, 11) is -0.553. The highest BCUT2D eigenvalue weighted by Gasteiger charge is 2.54. The number of amides is 2. The number of carbonyl (C=O) groups excluding carboxylic acids is 2. The number of carbonyl (C=O) groups is 2. The molecule has 1 aromatic rings. The van der Waals surface area contributed by atoms with Crippen molar-refractivity contribution in [3.63, 3.8) is 0 Å². The first-order chi connectivity index (χ1) is 14.9. The fourth-order valence-electron chi connectivity index (χ4n) is 3.94. The zero-order chi connectivity index (χ0) is 23.7. The van der Waals surface area contributed by atoms with Gasteiger partial charge in [-0.1, -0.05) is 13.8 Å². The third-order valence-electron chi connectivity index (χ3n) is 6.58. The molecule has 7 nitrogen and oxygen atoms in total. The van der Waals surface area contributed by atoms with Gasteiger partial charge in [-0.15, -0.1) is 0 Å². The van der Waals surface area contributed by atoms with Crippen molar-refractivity contribution in [1.29, 1.82) is 0 Å². The van der Waals surface area contributed by atoms with Gasteiger partial charge in [-0.05, 0) is 70.7 Å². The first kappa shape index (κ1) is 24.5. The van der Waals surface area contributed by atoms with Crippen LogP contribution in [-0.2, 0) is 18.9 Å². The van der Waals surface area contributed by atoms with E-state index in [-0.39, 0.29) is 36.2 Å². The molecule has 2 atom stereocenters. The van der Waals surface area contributed by atoms with E-state index in [4.69, 9.17) is 9.31 Å². The third kappa shape index (κ3) is 5.43. The van der Waals surface area contributed by atoms with E-state index in [1.54, 1.807) is 12.1 Å². The molecule has 2 heterocycles. The molecule has 2 N–H and O–H groups in total. The summed E-state index contributed by atoms with van der Waals surface area (Å²) in [5.74, 6) is -0.809. The van der Waals surface area contributed by atoms with Gasteiger partial charge in [-0.3, -0.25) is 9.59 Å². The van der Waals surface area contributed by atoms with Crippen LogP contribution in [0.15, 0.2) is 24.3 Å². The Morgan fingerprint density at radius 3 is 2.25 bits per heavy atom. The third-order valence-corrected chi connectivity index (χ3v) is 6.58. The van der Waals surface area contributed by atoms with E-state index < -0.39 is 18.3 Å². The second-order valence-electron chi connectivity index (χ2n) is 10.1. The summed E-state index contributed by atoms with van der Waals surface area (Å²) in [5, 5.41) is 5.72. The zero-order valence-corrected chi connectivity index (χ0v) is 19.9. The minimum absolute atomic E-state index is 0.124. The number of benzene rings is 1. The normalized spacial score (nSPS) is 22.4. The first-order valence-electron chi connectivity index (χ1n) is 11.3. The number of hydrogen-bond acceptors (Lipinski definition) is 5. The molecule has 0 saturated carbocycles. The molecule has 2 aliphatic heterocycles. The molecule has 0 bridgehead atoms. The van der Waals surface area contributed by atoms with Crippen LogP contribution in [0.4, 0.5) is 10.1 Å². The predicted octanol–water partition coefficient (Wildman–Crippen LogP) is 2.68. The highest BCUT2D eigenvalue weighted by atomic mass is 19.1. The largest absolute Gasteiger partial charge is 0.481 e. The molecular formula is C23H35BFN3O4. The number of nitrogens with zero attached hydrogens (tertiary/aromatic N) is 1. The van der Waals surface area contributed by atoms with Crippen molar-refractivity contribution in [3.05, 3.63) is 30.1 Å². The van der Waals surface area contributed by atoms with Crippen LogP contribution in [0, 0.1) is 11.7 Å². The van der Waals surface area contributed by atoms with Crippen LogP contribution in [0.1, 0.15) is 54.4 Å². The maximum absolute atomic E-state index is 13.2. The summed E-state index contributed by atoms with van der Waals surface area (Å²) >= 11 is 0. The fourth-order valence-corrected chi connectivity index (χ4v) is 3.94. The highest BCUT2D eigenvalue weighted by molar-refractivity contribution is 6.48.